The van der Waals surface area contributed by atoms with Gasteiger partial charge in [0.1, 0.15) is 22.6 Å². The Morgan fingerprint density at radius 1 is 1.18 bits per heavy atom. The topological polar surface area (TPSA) is 149 Å². The van der Waals surface area contributed by atoms with Crippen LogP contribution in [0.1, 0.15) is 52.1 Å². The van der Waals surface area contributed by atoms with Crippen LogP contribution in [0.25, 0.3) is 0 Å². The number of thiazole rings is 1. The summed E-state index contributed by atoms with van der Waals surface area (Å²) in [4.78, 5) is 45.1. The van der Waals surface area contributed by atoms with Crippen LogP contribution in [0.2, 0.25) is 0 Å². The van der Waals surface area contributed by atoms with E-state index in [0.717, 1.165) is 30.6 Å². The maximum atomic E-state index is 13.4. The number of hydrogen-bond acceptors (Lipinski definition) is 9. The average molecular weight is 487 g/mol. The predicted octanol–water partition coefficient (Wildman–Crippen LogP) is 2.72. The van der Waals surface area contributed by atoms with Gasteiger partial charge in [-0.2, -0.15) is 0 Å². The molecule has 1 saturated heterocycles. The van der Waals surface area contributed by atoms with Crippen LogP contribution < -0.4 is 16.4 Å². The number of anilines is 3. The molecule has 1 aliphatic heterocycles. The van der Waals surface area contributed by atoms with Crippen molar-refractivity contribution in [3.63, 3.8) is 0 Å². The Hall–Kier alpha value is -3.80. The normalized spacial score (nSPS) is 14.6. The highest BCUT2D eigenvalue weighted by Crippen LogP contribution is 2.36. The molecule has 2 amide bonds. The van der Waals surface area contributed by atoms with E-state index < -0.39 is 23.5 Å². The van der Waals surface area contributed by atoms with Crippen molar-refractivity contribution >= 4 is 45.6 Å². The number of halogens is 1. The monoisotopic (exact) mass is 486 g/mol. The van der Waals surface area contributed by atoms with Gasteiger partial charge in [-0.15, -0.1) is 0 Å². The number of primary amides is 1. The lowest BCUT2D eigenvalue weighted by molar-refractivity contribution is -0.118. The molecule has 0 spiro atoms. The molecule has 178 valence electrons. The zero-order valence-electron chi connectivity index (χ0n) is 18.4. The second-order valence-corrected chi connectivity index (χ2v) is 8.87. The van der Waals surface area contributed by atoms with Crippen LogP contribution in [-0.2, 0) is 4.79 Å². The Bertz CT molecular complexity index is 1220. The van der Waals surface area contributed by atoms with Gasteiger partial charge in [-0.3, -0.25) is 14.4 Å². The van der Waals surface area contributed by atoms with E-state index in [1.165, 1.54) is 35.2 Å². The van der Waals surface area contributed by atoms with Gasteiger partial charge in [0.05, 0.1) is 0 Å². The minimum atomic E-state index is -0.863. The summed E-state index contributed by atoms with van der Waals surface area (Å²) in [5, 5.41) is 3.98. The molecule has 1 aromatic carbocycles. The largest absolute Gasteiger partial charge is 0.382 e. The number of nitrogens with two attached hydrogens (primary N) is 2. The second-order valence-electron chi connectivity index (χ2n) is 7.89. The third-order valence-electron chi connectivity index (χ3n) is 5.55. The maximum absolute atomic E-state index is 13.4. The molecule has 4 rings (SSSR count). The van der Waals surface area contributed by atoms with Gasteiger partial charge in [-0.1, -0.05) is 16.5 Å². The number of nitrogen functional groups attached to an aromatic ring is 1. The number of ketones is 1. The van der Waals surface area contributed by atoms with Crippen LogP contribution in [0, 0.1) is 5.82 Å². The molecule has 0 unspecified atom stereocenters. The van der Waals surface area contributed by atoms with Gasteiger partial charge in [0, 0.05) is 24.8 Å². The summed E-state index contributed by atoms with van der Waals surface area (Å²) in [6.45, 7) is 2.83. The zero-order valence-corrected chi connectivity index (χ0v) is 19.2. The lowest BCUT2D eigenvalue weighted by Gasteiger charge is -2.26. The van der Waals surface area contributed by atoms with Crippen LogP contribution in [0.4, 0.5) is 21.0 Å². The molecule has 1 fully saturated rings. The Balaban J connectivity index is 1.62. The van der Waals surface area contributed by atoms with Crippen LogP contribution in [0.15, 0.2) is 34.9 Å². The van der Waals surface area contributed by atoms with Gasteiger partial charge in [0.15, 0.2) is 10.8 Å². The Kier molecular flexibility index (Phi) is 6.59. The Labute approximate surface area is 198 Å². The molecule has 3 heterocycles. The second kappa shape index (κ2) is 9.59. The SMILES string of the molecule is C[C@H](C(N)=O)N(c1ccc(F)cc1)c1nc(N)c(C(=O)c2cc(C(=O)N3CCCCC3)no2)s1. The Morgan fingerprint density at radius 2 is 1.85 bits per heavy atom. The van der Waals surface area contributed by atoms with Crippen molar-refractivity contribution in [2.24, 2.45) is 5.73 Å². The number of amides is 2. The minimum absolute atomic E-state index is 0.0452. The van der Waals surface area contributed by atoms with E-state index in [4.69, 9.17) is 16.0 Å². The Morgan fingerprint density at radius 3 is 2.50 bits per heavy atom. The minimum Gasteiger partial charge on any atom is -0.382 e. The molecule has 0 radical (unpaired) electrons. The number of hydrogen-bond donors (Lipinski definition) is 2. The summed E-state index contributed by atoms with van der Waals surface area (Å²) in [7, 11) is 0. The van der Waals surface area contributed by atoms with Crippen molar-refractivity contribution in [3.05, 3.63) is 52.5 Å². The fraction of sp³-hybridized carbons (Fsp3) is 0.318. The van der Waals surface area contributed by atoms with Crippen molar-refractivity contribution in [1.29, 1.82) is 0 Å². The summed E-state index contributed by atoms with van der Waals surface area (Å²) in [6, 6.07) is 5.81. The van der Waals surface area contributed by atoms with Gasteiger partial charge in [0.2, 0.25) is 17.5 Å². The summed E-state index contributed by atoms with van der Waals surface area (Å²) >= 11 is 0.917. The van der Waals surface area contributed by atoms with E-state index in [0.29, 0.717) is 18.8 Å². The third-order valence-corrected chi connectivity index (χ3v) is 6.62. The fourth-order valence-electron chi connectivity index (χ4n) is 3.67. The molecule has 3 aromatic rings. The molecule has 0 aliphatic carbocycles. The summed E-state index contributed by atoms with van der Waals surface area (Å²) in [5.74, 6) is -2.24. The highest BCUT2D eigenvalue weighted by molar-refractivity contribution is 7.18. The van der Waals surface area contributed by atoms with Gasteiger partial charge < -0.3 is 25.8 Å². The quantitative estimate of drug-likeness (QED) is 0.484. The first-order valence-electron chi connectivity index (χ1n) is 10.7. The molecular formula is C22H23FN6O4S. The van der Waals surface area contributed by atoms with Gasteiger partial charge >= 0.3 is 0 Å². The van der Waals surface area contributed by atoms with Crippen molar-refractivity contribution in [2.45, 2.75) is 32.2 Å². The van der Waals surface area contributed by atoms with E-state index >= 15 is 0 Å². The number of benzene rings is 1. The summed E-state index contributed by atoms with van der Waals surface area (Å²) in [6.07, 6.45) is 2.91. The van der Waals surface area contributed by atoms with Crippen molar-refractivity contribution in [1.82, 2.24) is 15.0 Å². The lowest BCUT2D eigenvalue weighted by Crippen LogP contribution is -2.39. The first-order valence-corrected chi connectivity index (χ1v) is 11.5. The van der Waals surface area contributed by atoms with E-state index in [2.05, 4.69) is 10.1 Å². The summed E-state index contributed by atoms with van der Waals surface area (Å²) in [5.41, 5.74) is 12.0. The average Bonchev–Trinajstić information content (AvgIpc) is 3.47. The molecule has 2 aromatic heterocycles. The van der Waals surface area contributed by atoms with Crippen LogP contribution in [0.5, 0.6) is 0 Å². The van der Waals surface area contributed by atoms with Crippen LogP contribution >= 0.6 is 11.3 Å². The molecule has 12 heteroatoms. The number of aromatic nitrogens is 2. The van der Waals surface area contributed by atoms with Crippen molar-refractivity contribution in [3.8, 4) is 0 Å². The number of nitrogens with zero attached hydrogens (tertiary/aromatic N) is 4. The number of carbonyl (C=O) groups excluding carboxylic acids is 3. The van der Waals surface area contributed by atoms with Gasteiger partial charge in [-0.05, 0) is 50.5 Å². The predicted molar refractivity (Wildman–Crippen MR) is 123 cm³/mol. The molecule has 34 heavy (non-hydrogen) atoms. The highest BCUT2D eigenvalue weighted by atomic mass is 32.1. The van der Waals surface area contributed by atoms with E-state index in [-0.39, 0.29) is 33.2 Å². The number of likely N-dealkylation sites (tertiary alicyclic amines) is 1. The van der Waals surface area contributed by atoms with Gasteiger partial charge in [-0.25, -0.2) is 9.37 Å². The van der Waals surface area contributed by atoms with Gasteiger partial charge in [0.25, 0.3) is 5.91 Å². The van der Waals surface area contributed by atoms with Crippen LogP contribution in [-0.4, -0.2) is 51.8 Å². The molecule has 0 saturated carbocycles. The number of rotatable bonds is 7. The molecule has 4 N–H and O–H groups in total. The van der Waals surface area contributed by atoms with E-state index in [1.54, 1.807) is 11.8 Å². The number of carbonyl (C=O) groups is 3. The molecule has 0 bridgehead atoms. The van der Waals surface area contributed by atoms with E-state index in [9.17, 15) is 18.8 Å². The maximum Gasteiger partial charge on any atom is 0.276 e. The third kappa shape index (κ3) is 4.62. The highest BCUT2D eigenvalue weighted by Gasteiger charge is 2.30. The molecule has 1 atom stereocenters. The first kappa shape index (κ1) is 23.4. The summed E-state index contributed by atoms with van der Waals surface area (Å²) < 4.78 is 18.6. The molecule has 1 aliphatic rings. The fourth-order valence-corrected chi connectivity index (χ4v) is 4.70. The molecular weight excluding hydrogens is 463 g/mol. The van der Waals surface area contributed by atoms with Crippen LogP contribution in [0.3, 0.4) is 0 Å². The number of piperidine rings is 1. The first-order chi connectivity index (χ1) is 16.3. The molecule has 10 nitrogen and oxygen atoms in total. The van der Waals surface area contributed by atoms with Crippen molar-refractivity contribution in [2.75, 3.05) is 23.7 Å². The standard InChI is InChI=1S/C22H23FN6O4S/c1-12(20(25)31)29(14-7-5-13(23)6-8-14)22-26-19(24)18(34-22)17(30)16-11-15(27-33-16)21(32)28-9-3-2-4-10-28/h5-8,11-12H,2-4,9-10,24H2,1H3,(H2,25,31)/t12-/m1/s1. The zero-order chi connectivity index (χ0) is 24.4. The van der Waals surface area contributed by atoms with E-state index in [1.807, 2.05) is 0 Å². The lowest BCUT2D eigenvalue weighted by atomic mass is 10.1. The van der Waals surface area contributed by atoms with Crippen molar-refractivity contribution < 1.29 is 23.3 Å². The smallest absolute Gasteiger partial charge is 0.276 e.